The molecule has 1 aromatic heterocycles. The van der Waals surface area contributed by atoms with Crippen LogP contribution in [0.1, 0.15) is 15.9 Å². The van der Waals surface area contributed by atoms with Crippen molar-refractivity contribution in [2.24, 2.45) is 0 Å². The summed E-state index contributed by atoms with van der Waals surface area (Å²) in [7, 11) is 0. The summed E-state index contributed by atoms with van der Waals surface area (Å²) in [6.45, 7) is 0.609. The number of hydrogen-bond acceptors (Lipinski definition) is 5. The van der Waals surface area contributed by atoms with Gasteiger partial charge < -0.3 is 10.6 Å². The monoisotopic (exact) mass is 481 g/mol. The average molecular weight is 482 g/mol. The Morgan fingerprint density at radius 3 is 2.59 bits per heavy atom. The van der Waals surface area contributed by atoms with Gasteiger partial charge in [0.25, 0.3) is 5.91 Å². The number of anilines is 1. The van der Waals surface area contributed by atoms with Gasteiger partial charge in [0, 0.05) is 12.2 Å². The molecule has 0 saturated carbocycles. The Kier molecular flexibility index (Phi) is 7.42. The van der Waals surface area contributed by atoms with E-state index in [9.17, 15) is 9.59 Å². The number of aromatic nitrogens is 1. The predicted molar refractivity (Wildman–Crippen MR) is 133 cm³/mol. The van der Waals surface area contributed by atoms with Crippen LogP contribution in [-0.2, 0) is 11.2 Å². The number of nitrogens with one attached hydrogen (secondary N) is 2. The van der Waals surface area contributed by atoms with E-state index in [-0.39, 0.29) is 11.8 Å². The zero-order chi connectivity index (χ0) is 22.3. The van der Waals surface area contributed by atoms with Gasteiger partial charge >= 0.3 is 0 Å². The summed E-state index contributed by atoms with van der Waals surface area (Å²) in [6, 6.07) is 22.5. The second-order valence-electron chi connectivity index (χ2n) is 6.97. The third-order valence-electron chi connectivity index (χ3n) is 4.65. The zero-order valence-corrected chi connectivity index (χ0v) is 19.4. The first-order valence-corrected chi connectivity index (χ1v) is 12.2. The molecule has 3 aromatic carbocycles. The number of hydrogen-bond donors (Lipinski definition) is 2. The maximum absolute atomic E-state index is 12.5. The minimum absolute atomic E-state index is 0.0159. The Hall–Kier alpha value is -2.87. The van der Waals surface area contributed by atoms with Crippen LogP contribution in [0.4, 0.5) is 5.69 Å². The van der Waals surface area contributed by atoms with Gasteiger partial charge in [-0.05, 0) is 42.3 Å². The van der Waals surface area contributed by atoms with E-state index in [1.807, 2.05) is 48.5 Å². The number of carbonyl (C=O) groups is 2. The lowest BCUT2D eigenvalue weighted by Crippen LogP contribution is -2.27. The number of halogens is 1. The molecule has 4 aromatic rings. The fourth-order valence-electron chi connectivity index (χ4n) is 3.06. The molecule has 0 bridgehead atoms. The normalized spacial score (nSPS) is 10.8. The molecule has 0 fully saturated rings. The van der Waals surface area contributed by atoms with Crippen molar-refractivity contribution in [3.05, 3.63) is 88.9 Å². The van der Waals surface area contributed by atoms with E-state index in [2.05, 4.69) is 15.6 Å². The zero-order valence-electron chi connectivity index (χ0n) is 17.0. The van der Waals surface area contributed by atoms with Crippen molar-refractivity contribution in [2.75, 3.05) is 17.6 Å². The van der Waals surface area contributed by atoms with Gasteiger partial charge in [-0.3, -0.25) is 9.59 Å². The van der Waals surface area contributed by atoms with Crippen LogP contribution in [0.5, 0.6) is 0 Å². The number of nitrogens with zero attached hydrogens (tertiary/aromatic N) is 1. The van der Waals surface area contributed by atoms with Gasteiger partial charge in [-0.2, -0.15) is 0 Å². The molecule has 8 heteroatoms. The second kappa shape index (κ2) is 10.6. The highest BCUT2D eigenvalue weighted by atomic mass is 35.5. The number of rotatable bonds is 8. The summed E-state index contributed by atoms with van der Waals surface area (Å²) in [5.74, 6) is 0.0316. The lowest BCUT2D eigenvalue weighted by atomic mass is 10.1. The Morgan fingerprint density at radius 2 is 1.78 bits per heavy atom. The highest BCUT2D eigenvalue weighted by molar-refractivity contribution is 8.01. The lowest BCUT2D eigenvalue weighted by molar-refractivity contribution is -0.118. The molecule has 4 rings (SSSR count). The molecular formula is C24H20ClN3O2S2. The largest absolute Gasteiger partial charge is 0.355 e. The van der Waals surface area contributed by atoms with Crippen LogP contribution in [0.2, 0.25) is 5.02 Å². The molecule has 162 valence electrons. The van der Waals surface area contributed by atoms with Crippen molar-refractivity contribution in [1.29, 1.82) is 0 Å². The molecule has 0 saturated heterocycles. The van der Waals surface area contributed by atoms with Crippen molar-refractivity contribution in [3.8, 4) is 0 Å². The Bertz CT molecular complexity index is 1240. The van der Waals surface area contributed by atoms with E-state index >= 15 is 0 Å². The molecule has 2 N–H and O–H groups in total. The number of carbonyl (C=O) groups excluding carboxylic acids is 2. The fraction of sp³-hybridized carbons (Fsp3) is 0.125. The third kappa shape index (κ3) is 5.88. The van der Waals surface area contributed by atoms with Crippen molar-refractivity contribution in [1.82, 2.24) is 10.3 Å². The Labute approximate surface area is 199 Å². The van der Waals surface area contributed by atoms with Crippen LogP contribution >= 0.6 is 34.7 Å². The highest BCUT2D eigenvalue weighted by Crippen LogP contribution is 2.31. The summed E-state index contributed by atoms with van der Waals surface area (Å²) in [4.78, 5) is 29.2. The van der Waals surface area contributed by atoms with E-state index in [0.717, 1.165) is 21.0 Å². The van der Waals surface area contributed by atoms with Crippen LogP contribution in [0.25, 0.3) is 10.2 Å². The topological polar surface area (TPSA) is 71.1 Å². The summed E-state index contributed by atoms with van der Waals surface area (Å²) >= 11 is 9.01. The van der Waals surface area contributed by atoms with Crippen LogP contribution in [-0.4, -0.2) is 29.1 Å². The Morgan fingerprint density at radius 1 is 1.00 bits per heavy atom. The van der Waals surface area contributed by atoms with Gasteiger partial charge in [0.2, 0.25) is 5.91 Å². The third-order valence-corrected chi connectivity index (χ3v) is 7.14. The minimum atomic E-state index is -0.263. The van der Waals surface area contributed by atoms with Crippen LogP contribution in [0.3, 0.4) is 0 Å². The number of benzene rings is 3. The van der Waals surface area contributed by atoms with E-state index < -0.39 is 0 Å². The summed E-state index contributed by atoms with van der Waals surface area (Å²) in [5.41, 5.74) is 3.12. The lowest BCUT2D eigenvalue weighted by Gasteiger charge is -2.06. The first-order valence-electron chi connectivity index (χ1n) is 9.98. The molecule has 0 aliphatic rings. The number of thioether (sulfide) groups is 1. The molecule has 1 heterocycles. The Balaban J connectivity index is 1.31. The molecule has 5 nitrogen and oxygen atoms in total. The van der Waals surface area contributed by atoms with Gasteiger partial charge in [0.05, 0.1) is 26.6 Å². The van der Waals surface area contributed by atoms with Crippen molar-refractivity contribution >= 4 is 62.4 Å². The number of amides is 2. The van der Waals surface area contributed by atoms with E-state index in [1.54, 1.807) is 24.3 Å². The molecular weight excluding hydrogens is 462 g/mol. The molecule has 0 aliphatic heterocycles. The molecule has 2 amide bonds. The fourth-order valence-corrected chi connectivity index (χ4v) is 5.22. The SMILES string of the molecule is O=C(CSc1nc2ccc(NC(=O)c3ccccc3Cl)cc2s1)NCCc1ccccc1. The molecule has 0 radical (unpaired) electrons. The van der Waals surface area contributed by atoms with Gasteiger partial charge in [0.15, 0.2) is 4.34 Å². The van der Waals surface area contributed by atoms with Crippen molar-refractivity contribution in [3.63, 3.8) is 0 Å². The van der Waals surface area contributed by atoms with Crippen LogP contribution < -0.4 is 10.6 Å². The summed E-state index contributed by atoms with van der Waals surface area (Å²) < 4.78 is 1.75. The van der Waals surface area contributed by atoms with Crippen molar-refractivity contribution in [2.45, 2.75) is 10.8 Å². The van der Waals surface area contributed by atoms with Crippen LogP contribution in [0.15, 0.2) is 77.1 Å². The quantitative estimate of drug-likeness (QED) is 0.319. The summed E-state index contributed by atoms with van der Waals surface area (Å²) in [5, 5.41) is 6.22. The first kappa shape index (κ1) is 22.3. The van der Waals surface area contributed by atoms with Gasteiger partial charge in [-0.25, -0.2) is 4.98 Å². The van der Waals surface area contributed by atoms with E-state index in [1.165, 1.54) is 28.7 Å². The number of thiazole rings is 1. The van der Waals surface area contributed by atoms with Crippen molar-refractivity contribution < 1.29 is 9.59 Å². The van der Waals surface area contributed by atoms with Gasteiger partial charge in [-0.15, -0.1) is 11.3 Å². The van der Waals surface area contributed by atoms with Crippen LogP contribution in [0, 0.1) is 0 Å². The maximum atomic E-state index is 12.5. The number of fused-ring (bicyclic) bond motifs is 1. The molecule has 0 unspecified atom stereocenters. The smallest absolute Gasteiger partial charge is 0.257 e. The van der Waals surface area contributed by atoms with Gasteiger partial charge in [-0.1, -0.05) is 65.8 Å². The first-order chi connectivity index (χ1) is 15.6. The maximum Gasteiger partial charge on any atom is 0.257 e. The van der Waals surface area contributed by atoms with E-state index in [4.69, 9.17) is 11.6 Å². The minimum Gasteiger partial charge on any atom is -0.355 e. The molecule has 32 heavy (non-hydrogen) atoms. The molecule has 0 atom stereocenters. The summed E-state index contributed by atoms with van der Waals surface area (Å²) in [6.07, 6.45) is 0.807. The standard InChI is InChI=1S/C24H20ClN3O2S2/c25-19-9-5-4-8-18(19)23(30)27-17-10-11-20-21(14-17)32-24(28-20)31-15-22(29)26-13-12-16-6-2-1-3-7-16/h1-11,14H,12-13,15H2,(H,26,29)(H,27,30). The average Bonchev–Trinajstić information content (AvgIpc) is 3.21. The highest BCUT2D eigenvalue weighted by Gasteiger charge is 2.12. The predicted octanol–water partition coefficient (Wildman–Crippen LogP) is 5.65. The molecule has 0 aliphatic carbocycles. The van der Waals surface area contributed by atoms with E-state index in [0.29, 0.717) is 28.6 Å². The second-order valence-corrected chi connectivity index (χ2v) is 9.63. The molecule has 0 spiro atoms. The van der Waals surface area contributed by atoms with Gasteiger partial charge in [0.1, 0.15) is 0 Å².